The first-order valence-electron chi connectivity index (χ1n) is 6.45. The van der Waals surface area contributed by atoms with Gasteiger partial charge in [-0.25, -0.2) is 0 Å². The number of hydrogen-bond acceptors (Lipinski definition) is 0. The Balaban J connectivity index is 0.00000180. The molecular weight excluding hydrogens is 307 g/mol. The standard InChI is InChI=1S/C18H20.Zr/c1-14-12-17(18(2,3)4)13-16(14)11-10-15-8-6-5-7-9-15;/h5-9,12H,13H2,1-4H3;. The van der Waals surface area contributed by atoms with E-state index in [1.54, 1.807) is 0 Å². The van der Waals surface area contributed by atoms with E-state index >= 15 is 0 Å². The normalized spacial score (nSPS) is 14.4. The summed E-state index contributed by atoms with van der Waals surface area (Å²) in [7, 11) is 0. The predicted molar refractivity (Wildman–Crippen MR) is 78.2 cm³/mol. The van der Waals surface area contributed by atoms with E-state index in [9.17, 15) is 0 Å². The molecule has 1 heteroatoms. The minimum atomic E-state index is 0. The van der Waals surface area contributed by atoms with E-state index < -0.39 is 0 Å². The van der Waals surface area contributed by atoms with Gasteiger partial charge in [-0.05, 0) is 30.0 Å². The smallest absolute Gasteiger partial charge is 0.0248 e. The molecule has 1 aromatic rings. The van der Waals surface area contributed by atoms with Crippen molar-refractivity contribution in [1.82, 2.24) is 0 Å². The summed E-state index contributed by atoms with van der Waals surface area (Å²) in [6.45, 7) is 8.95. The van der Waals surface area contributed by atoms with Gasteiger partial charge in [-0.3, -0.25) is 0 Å². The van der Waals surface area contributed by atoms with Crippen molar-refractivity contribution in [2.24, 2.45) is 5.41 Å². The van der Waals surface area contributed by atoms with Crippen molar-refractivity contribution < 1.29 is 26.2 Å². The van der Waals surface area contributed by atoms with Crippen LogP contribution in [0.15, 0.2) is 53.1 Å². The van der Waals surface area contributed by atoms with Crippen LogP contribution in [0.5, 0.6) is 0 Å². The van der Waals surface area contributed by atoms with Gasteiger partial charge in [0.1, 0.15) is 0 Å². The van der Waals surface area contributed by atoms with E-state index in [0.29, 0.717) is 0 Å². The third-order valence-electron chi connectivity index (χ3n) is 3.33. The maximum absolute atomic E-state index is 3.33. The van der Waals surface area contributed by atoms with Crippen LogP contribution < -0.4 is 0 Å². The molecular formula is C18H20Zr. The topological polar surface area (TPSA) is 0 Å². The Morgan fingerprint density at radius 2 is 1.63 bits per heavy atom. The fourth-order valence-electron chi connectivity index (χ4n) is 2.02. The Hall–Kier alpha value is -0.857. The van der Waals surface area contributed by atoms with Crippen molar-refractivity contribution in [2.75, 3.05) is 0 Å². The van der Waals surface area contributed by atoms with Gasteiger partial charge >= 0.3 is 0 Å². The molecule has 1 aliphatic carbocycles. The van der Waals surface area contributed by atoms with Gasteiger partial charge in [0.15, 0.2) is 0 Å². The molecule has 0 amide bonds. The first-order valence-corrected chi connectivity index (χ1v) is 6.45. The van der Waals surface area contributed by atoms with E-state index in [0.717, 1.165) is 12.0 Å². The summed E-state index contributed by atoms with van der Waals surface area (Å²) in [5, 5.41) is 0. The monoisotopic (exact) mass is 326 g/mol. The molecule has 0 spiro atoms. The predicted octanol–water partition coefficient (Wildman–Crippen LogP) is 4.73. The Bertz CT molecular complexity index is 557. The zero-order valence-electron chi connectivity index (χ0n) is 12.2. The summed E-state index contributed by atoms with van der Waals surface area (Å²) in [6.07, 6.45) is 3.31. The van der Waals surface area contributed by atoms with Crippen LogP contribution in [0.25, 0.3) is 0 Å². The quantitative estimate of drug-likeness (QED) is 0.604. The van der Waals surface area contributed by atoms with Gasteiger partial charge in [-0.1, -0.05) is 62.5 Å². The van der Waals surface area contributed by atoms with Crippen molar-refractivity contribution in [2.45, 2.75) is 34.1 Å². The minimum absolute atomic E-state index is 0. The first-order chi connectivity index (χ1) is 8.47. The van der Waals surface area contributed by atoms with Gasteiger partial charge in [0.25, 0.3) is 0 Å². The average molecular weight is 328 g/mol. The third kappa shape index (κ3) is 4.33. The number of benzene rings is 1. The molecule has 0 saturated heterocycles. The number of allylic oxidation sites excluding steroid dienone is 4. The fourth-order valence-corrected chi connectivity index (χ4v) is 2.02. The molecule has 0 radical (unpaired) electrons. The van der Waals surface area contributed by atoms with Gasteiger partial charge in [-0.15, -0.1) is 0 Å². The van der Waals surface area contributed by atoms with E-state index in [1.165, 1.54) is 16.7 Å². The Morgan fingerprint density at radius 1 is 1.00 bits per heavy atom. The van der Waals surface area contributed by atoms with E-state index in [4.69, 9.17) is 0 Å². The molecule has 0 aromatic heterocycles. The Kier molecular flexibility index (Phi) is 5.57. The average Bonchev–Trinajstić information content (AvgIpc) is 2.69. The molecule has 0 heterocycles. The van der Waals surface area contributed by atoms with Gasteiger partial charge in [-0.2, -0.15) is 0 Å². The van der Waals surface area contributed by atoms with Crippen LogP contribution in [0, 0.1) is 17.3 Å². The second-order valence-corrected chi connectivity index (χ2v) is 5.87. The van der Waals surface area contributed by atoms with E-state index in [2.05, 4.69) is 57.7 Å². The van der Waals surface area contributed by atoms with Crippen LogP contribution in [-0.2, 0) is 26.2 Å². The minimum Gasteiger partial charge on any atom is -0.0655 e. The van der Waals surface area contributed by atoms with Crippen molar-refractivity contribution in [3.8, 4) is 11.8 Å². The molecule has 0 aliphatic heterocycles. The van der Waals surface area contributed by atoms with E-state index in [-0.39, 0.29) is 31.6 Å². The summed E-state index contributed by atoms with van der Waals surface area (Å²) in [6, 6.07) is 10.2. The molecule has 0 unspecified atom stereocenters. The maximum atomic E-state index is 3.33. The Morgan fingerprint density at radius 3 is 2.16 bits per heavy atom. The Labute approximate surface area is 136 Å². The van der Waals surface area contributed by atoms with Gasteiger partial charge in [0.2, 0.25) is 0 Å². The molecule has 0 nitrogen and oxygen atoms in total. The maximum Gasteiger partial charge on any atom is 0.0248 e. The molecule has 1 aromatic carbocycles. The second kappa shape index (κ2) is 6.54. The zero-order valence-corrected chi connectivity index (χ0v) is 14.6. The van der Waals surface area contributed by atoms with Crippen LogP contribution in [0.1, 0.15) is 39.7 Å². The number of hydrogen-bond donors (Lipinski definition) is 0. The molecule has 0 N–H and O–H groups in total. The van der Waals surface area contributed by atoms with Crippen LogP contribution in [0.3, 0.4) is 0 Å². The SMILES string of the molecule is CC1=C(C#Cc2ccccc2)CC(C(C)(C)C)=C1.[Zr]. The molecule has 0 atom stereocenters. The number of rotatable bonds is 0. The largest absolute Gasteiger partial charge is 0.0655 e. The molecule has 0 fully saturated rings. The van der Waals surface area contributed by atoms with Crippen molar-refractivity contribution in [1.29, 1.82) is 0 Å². The summed E-state index contributed by atoms with van der Waals surface area (Å²) >= 11 is 0. The molecule has 2 rings (SSSR count). The summed E-state index contributed by atoms with van der Waals surface area (Å²) in [5.74, 6) is 6.58. The van der Waals surface area contributed by atoms with Gasteiger partial charge in [0, 0.05) is 43.8 Å². The van der Waals surface area contributed by atoms with Gasteiger partial charge < -0.3 is 0 Å². The molecule has 0 bridgehead atoms. The van der Waals surface area contributed by atoms with Crippen LogP contribution >= 0.6 is 0 Å². The van der Waals surface area contributed by atoms with E-state index in [1.807, 2.05) is 18.2 Å². The van der Waals surface area contributed by atoms with Crippen molar-refractivity contribution in [3.63, 3.8) is 0 Å². The summed E-state index contributed by atoms with van der Waals surface area (Å²) in [4.78, 5) is 0. The molecule has 1 aliphatic rings. The van der Waals surface area contributed by atoms with Crippen LogP contribution in [0.4, 0.5) is 0 Å². The van der Waals surface area contributed by atoms with Crippen molar-refractivity contribution in [3.05, 3.63) is 58.7 Å². The molecule has 96 valence electrons. The van der Waals surface area contributed by atoms with Crippen molar-refractivity contribution >= 4 is 0 Å². The molecule has 0 saturated carbocycles. The van der Waals surface area contributed by atoms with Crippen LogP contribution in [0.2, 0.25) is 0 Å². The second-order valence-electron chi connectivity index (χ2n) is 5.87. The summed E-state index contributed by atoms with van der Waals surface area (Å²) < 4.78 is 0. The first kappa shape index (κ1) is 16.2. The molecule has 19 heavy (non-hydrogen) atoms. The summed E-state index contributed by atoms with van der Waals surface area (Å²) in [5.41, 5.74) is 5.41. The van der Waals surface area contributed by atoms with Gasteiger partial charge in [0.05, 0.1) is 0 Å². The van der Waals surface area contributed by atoms with Crippen LogP contribution in [-0.4, -0.2) is 0 Å². The zero-order chi connectivity index (χ0) is 13.2. The third-order valence-corrected chi connectivity index (χ3v) is 3.33. The fraction of sp³-hybridized carbons (Fsp3) is 0.333.